The minimum absolute atomic E-state index is 0.493. The van der Waals surface area contributed by atoms with Gasteiger partial charge in [0, 0.05) is 0 Å². The van der Waals surface area contributed by atoms with Crippen molar-refractivity contribution in [2.45, 2.75) is 24.4 Å². The van der Waals surface area contributed by atoms with E-state index < -0.39 is 37.6 Å². The molecule has 0 amide bonds. The van der Waals surface area contributed by atoms with Crippen molar-refractivity contribution in [1.82, 2.24) is 5.43 Å². The highest BCUT2D eigenvalue weighted by Gasteiger charge is 2.29. The van der Waals surface area contributed by atoms with Gasteiger partial charge in [0.1, 0.15) is 18.3 Å². The first-order chi connectivity index (χ1) is 6.08. The summed E-state index contributed by atoms with van der Waals surface area (Å²) in [5.41, 5.74) is 2.06. The largest absolute Gasteiger partial charge is 0.395 e. The Bertz CT molecular complexity index is 132. The Morgan fingerprint density at radius 1 is 1.00 bits per heavy atom. The summed E-state index contributed by atoms with van der Waals surface area (Å²) in [4.78, 5) is 0. The van der Waals surface area contributed by atoms with Crippen LogP contribution in [0.15, 0.2) is 0 Å². The number of nitrogens with two attached hydrogens (primary N) is 1. The first kappa shape index (κ1) is 12.7. The van der Waals surface area contributed by atoms with E-state index in [4.69, 9.17) is 26.3 Å². The normalized spacial score (nSPS) is 20.8. The summed E-state index contributed by atoms with van der Waals surface area (Å²) in [6, 6.07) is -0.948. The maximum atomic E-state index is 9.26. The summed E-state index contributed by atoms with van der Waals surface area (Å²) >= 11 is 0. The van der Waals surface area contributed by atoms with E-state index in [0.29, 0.717) is 0 Å². The van der Waals surface area contributed by atoms with Gasteiger partial charge < -0.3 is 25.5 Å². The fraction of sp³-hybridized carbons (Fsp3) is 1.00. The van der Waals surface area contributed by atoms with Crippen molar-refractivity contribution in [2.75, 3.05) is 13.2 Å². The lowest BCUT2D eigenvalue weighted by molar-refractivity contribution is -0.0916. The van der Waals surface area contributed by atoms with Crippen LogP contribution >= 0.6 is 0 Å². The highest BCUT2D eigenvalue weighted by molar-refractivity contribution is 4.83. The van der Waals surface area contributed by atoms with E-state index in [9.17, 15) is 5.11 Å². The number of rotatable bonds is 6. The zero-order valence-electron chi connectivity index (χ0n) is 7.04. The van der Waals surface area contributed by atoms with Crippen molar-refractivity contribution < 1.29 is 25.5 Å². The SMILES string of the molecule is NN[C@@H](CO)[C@@H](O)[C@@H](O)[C@H](O)CO. The van der Waals surface area contributed by atoms with Gasteiger partial charge in [0.15, 0.2) is 0 Å². The molecule has 7 nitrogen and oxygen atoms in total. The van der Waals surface area contributed by atoms with E-state index in [1.165, 1.54) is 0 Å². The quantitative estimate of drug-likeness (QED) is 0.169. The van der Waals surface area contributed by atoms with Gasteiger partial charge in [-0.3, -0.25) is 11.3 Å². The average molecular weight is 196 g/mol. The van der Waals surface area contributed by atoms with Gasteiger partial charge in [0.2, 0.25) is 0 Å². The van der Waals surface area contributed by atoms with Gasteiger partial charge in [-0.1, -0.05) is 0 Å². The van der Waals surface area contributed by atoms with Crippen molar-refractivity contribution in [1.29, 1.82) is 0 Å². The molecular formula is C6H16N2O5. The van der Waals surface area contributed by atoms with Gasteiger partial charge in [0.25, 0.3) is 0 Å². The number of hydrogen-bond acceptors (Lipinski definition) is 7. The van der Waals surface area contributed by atoms with Gasteiger partial charge in [-0.2, -0.15) is 0 Å². The third kappa shape index (κ3) is 3.53. The van der Waals surface area contributed by atoms with Crippen molar-refractivity contribution in [3.05, 3.63) is 0 Å². The number of nitrogens with one attached hydrogen (secondary N) is 1. The van der Waals surface area contributed by atoms with E-state index in [1.807, 2.05) is 0 Å². The molecule has 0 fully saturated rings. The monoisotopic (exact) mass is 196 g/mol. The highest BCUT2D eigenvalue weighted by atomic mass is 16.4. The molecule has 8 N–H and O–H groups in total. The molecule has 0 saturated carbocycles. The van der Waals surface area contributed by atoms with Crippen LogP contribution in [0.4, 0.5) is 0 Å². The molecule has 0 bridgehead atoms. The van der Waals surface area contributed by atoms with Crippen molar-refractivity contribution in [2.24, 2.45) is 5.84 Å². The third-order valence-corrected chi connectivity index (χ3v) is 1.75. The van der Waals surface area contributed by atoms with Crippen LogP contribution in [0.25, 0.3) is 0 Å². The van der Waals surface area contributed by atoms with E-state index in [1.54, 1.807) is 0 Å². The Hall–Kier alpha value is -0.280. The Morgan fingerprint density at radius 3 is 1.85 bits per heavy atom. The van der Waals surface area contributed by atoms with Crippen LogP contribution in [0.2, 0.25) is 0 Å². The summed E-state index contributed by atoms with van der Waals surface area (Å²) in [6.07, 6.45) is -4.47. The van der Waals surface area contributed by atoms with Crippen LogP contribution < -0.4 is 11.3 Å². The Kier molecular flexibility index (Phi) is 6.08. The Labute approximate surface area is 75.4 Å². The van der Waals surface area contributed by atoms with E-state index in [0.717, 1.165) is 0 Å². The lowest BCUT2D eigenvalue weighted by Crippen LogP contribution is -2.54. The van der Waals surface area contributed by atoms with Crippen LogP contribution in [0, 0.1) is 0 Å². The zero-order chi connectivity index (χ0) is 10.4. The van der Waals surface area contributed by atoms with Crippen LogP contribution in [0.1, 0.15) is 0 Å². The van der Waals surface area contributed by atoms with Crippen LogP contribution in [0.5, 0.6) is 0 Å². The highest BCUT2D eigenvalue weighted by Crippen LogP contribution is 2.03. The molecule has 0 rings (SSSR count). The molecule has 0 unspecified atom stereocenters. The van der Waals surface area contributed by atoms with E-state index in [-0.39, 0.29) is 0 Å². The van der Waals surface area contributed by atoms with Crippen molar-refractivity contribution >= 4 is 0 Å². The minimum atomic E-state index is -1.56. The Morgan fingerprint density at radius 2 is 1.54 bits per heavy atom. The van der Waals surface area contributed by atoms with E-state index in [2.05, 4.69) is 5.43 Å². The zero-order valence-corrected chi connectivity index (χ0v) is 7.04. The van der Waals surface area contributed by atoms with E-state index >= 15 is 0 Å². The van der Waals surface area contributed by atoms with Crippen LogP contribution in [-0.4, -0.2) is 63.1 Å². The number of hydrogen-bond donors (Lipinski definition) is 7. The second-order valence-corrected chi connectivity index (χ2v) is 2.69. The molecule has 0 spiro atoms. The molecule has 0 aromatic heterocycles. The van der Waals surface area contributed by atoms with Crippen LogP contribution in [-0.2, 0) is 0 Å². The molecule has 0 aliphatic rings. The van der Waals surface area contributed by atoms with Gasteiger partial charge in [-0.05, 0) is 0 Å². The molecule has 4 atom stereocenters. The molecule has 0 radical (unpaired) electrons. The van der Waals surface area contributed by atoms with Gasteiger partial charge in [-0.25, -0.2) is 0 Å². The first-order valence-corrected chi connectivity index (χ1v) is 3.80. The molecule has 0 saturated heterocycles. The average Bonchev–Trinajstić information content (AvgIpc) is 2.17. The molecule has 13 heavy (non-hydrogen) atoms. The van der Waals surface area contributed by atoms with Crippen molar-refractivity contribution in [3.63, 3.8) is 0 Å². The van der Waals surface area contributed by atoms with Gasteiger partial charge in [-0.15, -0.1) is 0 Å². The summed E-state index contributed by atoms with van der Waals surface area (Å²) in [7, 11) is 0. The topological polar surface area (TPSA) is 139 Å². The molecule has 80 valence electrons. The standard InChI is InChI=1S/C6H16N2O5/c7-8-3(1-9)5(12)6(13)4(11)2-10/h3-6,8-13H,1-2,7H2/t3-,4+,5+,6-/m0/s1. The first-order valence-electron chi connectivity index (χ1n) is 3.80. The predicted octanol–water partition coefficient (Wildman–Crippen LogP) is -4.11. The molecule has 7 heteroatoms. The maximum Gasteiger partial charge on any atom is 0.110 e. The van der Waals surface area contributed by atoms with Gasteiger partial charge >= 0.3 is 0 Å². The summed E-state index contributed by atoms with van der Waals surface area (Å²) in [5, 5.41) is 44.4. The molecular weight excluding hydrogens is 180 g/mol. The third-order valence-electron chi connectivity index (χ3n) is 1.75. The second kappa shape index (κ2) is 6.22. The lowest BCUT2D eigenvalue weighted by Gasteiger charge is -2.26. The molecule has 0 aromatic rings. The van der Waals surface area contributed by atoms with Gasteiger partial charge in [0.05, 0.1) is 19.3 Å². The molecule has 0 heterocycles. The lowest BCUT2D eigenvalue weighted by atomic mass is 10.0. The number of aliphatic hydroxyl groups is 5. The van der Waals surface area contributed by atoms with Crippen molar-refractivity contribution in [3.8, 4) is 0 Å². The fourth-order valence-electron chi connectivity index (χ4n) is 0.833. The summed E-state index contributed by atoms with van der Waals surface area (Å²) in [5.74, 6) is 4.94. The Balaban J connectivity index is 4.13. The summed E-state index contributed by atoms with van der Waals surface area (Å²) < 4.78 is 0. The number of hydrazine groups is 1. The summed E-state index contributed by atoms with van der Waals surface area (Å²) in [6.45, 7) is -1.17. The minimum Gasteiger partial charge on any atom is -0.395 e. The molecule has 0 aliphatic heterocycles. The smallest absolute Gasteiger partial charge is 0.110 e. The second-order valence-electron chi connectivity index (χ2n) is 2.69. The predicted molar refractivity (Wildman–Crippen MR) is 43.3 cm³/mol. The van der Waals surface area contributed by atoms with Crippen LogP contribution in [0.3, 0.4) is 0 Å². The number of aliphatic hydroxyl groups excluding tert-OH is 5. The fourth-order valence-corrected chi connectivity index (χ4v) is 0.833. The maximum absolute atomic E-state index is 9.26. The molecule has 0 aromatic carbocycles. The molecule has 0 aliphatic carbocycles.